The molecule has 2 heterocycles. The monoisotopic (exact) mass is 200 g/mol. The average Bonchev–Trinajstić information content (AvgIpc) is 2.56. The van der Waals surface area contributed by atoms with Crippen LogP contribution in [0.15, 0.2) is 11.7 Å². The quantitative estimate of drug-likeness (QED) is 0.752. The highest BCUT2D eigenvalue weighted by Gasteiger charge is 2.20. The van der Waals surface area contributed by atoms with E-state index in [9.17, 15) is 0 Å². The molecule has 1 N–H and O–H groups in total. The highest BCUT2D eigenvalue weighted by atomic mass is 32.2. The van der Waals surface area contributed by atoms with Crippen molar-refractivity contribution in [1.82, 2.24) is 10.3 Å². The van der Waals surface area contributed by atoms with E-state index in [1.54, 1.807) is 11.3 Å². The summed E-state index contributed by atoms with van der Waals surface area (Å²) in [5.41, 5.74) is 1.90. The molecule has 1 saturated heterocycles. The van der Waals surface area contributed by atoms with E-state index in [4.69, 9.17) is 0 Å². The Kier molecular flexibility index (Phi) is 2.68. The third kappa shape index (κ3) is 1.81. The summed E-state index contributed by atoms with van der Waals surface area (Å²) in [6.07, 6.45) is 3.24. The van der Waals surface area contributed by atoms with E-state index in [0.29, 0.717) is 11.4 Å². The van der Waals surface area contributed by atoms with Crippen molar-refractivity contribution in [2.75, 3.05) is 5.75 Å². The van der Waals surface area contributed by atoms with E-state index < -0.39 is 0 Å². The largest absolute Gasteiger partial charge is 0.298 e. The highest BCUT2D eigenvalue weighted by Crippen LogP contribution is 2.33. The van der Waals surface area contributed by atoms with Crippen LogP contribution >= 0.6 is 23.1 Å². The predicted octanol–water partition coefficient (Wildman–Crippen LogP) is 2.26. The molecule has 2 atom stereocenters. The number of thioether (sulfide) groups is 1. The van der Waals surface area contributed by atoms with Gasteiger partial charge in [0, 0.05) is 12.2 Å². The van der Waals surface area contributed by atoms with Crippen LogP contribution in [0, 0.1) is 0 Å². The van der Waals surface area contributed by atoms with Gasteiger partial charge in [-0.3, -0.25) is 10.3 Å². The van der Waals surface area contributed by atoms with E-state index in [1.165, 1.54) is 17.1 Å². The summed E-state index contributed by atoms with van der Waals surface area (Å²) in [6.45, 7) is 2.24. The summed E-state index contributed by atoms with van der Waals surface area (Å²) in [5.74, 6) is 1.26. The Labute approximate surface area is 80.8 Å². The normalized spacial score (nSPS) is 30.4. The summed E-state index contributed by atoms with van der Waals surface area (Å²) >= 11 is 3.72. The zero-order valence-corrected chi connectivity index (χ0v) is 8.62. The first-order chi connectivity index (χ1) is 5.86. The SMILES string of the molecule is CC1CCSC(c2cncs2)N1. The van der Waals surface area contributed by atoms with Crippen molar-refractivity contribution in [3.8, 4) is 0 Å². The van der Waals surface area contributed by atoms with Gasteiger partial charge in [-0.2, -0.15) is 0 Å². The van der Waals surface area contributed by atoms with Gasteiger partial charge in [0.1, 0.15) is 0 Å². The molecular formula is C8H12N2S2. The Balaban J connectivity index is 2.04. The predicted molar refractivity (Wildman–Crippen MR) is 54.5 cm³/mol. The van der Waals surface area contributed by atoms with Crippen molar-refractivity contribution < 1.29 is 0 Å². The number of aromatic nitrogens is 1. The lowest BCUT2D eigenvalue weighted by Crippen LogP contribution is -2.33. The van der Waals surface area contributed by atoms with Crippen LogP contribution in [0.4, 0.5) is 0 Å². The van der Waals surface area contributed by atoms with Gasteiger partial charge < -0.3 is 0 Å². The maximum absolute atomic E-state index is 4.09. The van der Waals surface area contributed by atoms with Gasteiger partial charge in [-0.15, -0.1) is 23.1 Å². The summed E-state index contributed by atoms with van der Waals surface area (Å²) in [4.78, 5) is 5.44. The molecule has 0 aromatic carbocycles. The van der Waals surface area contributed by atoms with Crippen molar-refractivity contribution >= 4 is 23.1 Å². The molecule has 2 nitrogen and oxygen atoms in total. The van der Waals surface area contributed by atoms with Gasteiger partial charge in [0.2, 0.25) is 0 Å². The molecule has 0 saturated carbocycles. The fraction of sp³-hybridized carbons (Fsp3) is 0.625. The van der Waals surface area contributed by atoms with Crippen LogP contribution in [-0.4, -0.2) is 16.8 Å². The molecule has 0 amide bonds. The second-order valence-corrected chi connectivity index (χ2v) is 5.14. The van der Waals surface area contributed by atoms with Crippen molar-refractivity contribution in [1.29, 1.82) is 0 Å². The molecule has 0 spiro atoms. The van der Waals surface area contributed by atoms with E-state index in [1.807, 2.05) is 23.5 Å². The summed E-state index contributed by atoms with van der Waals surface area (Å²) in [7, 11) is 0. The minimum Gasteiger partial charge on any atom is -0.298 e. The Hall–Kier alpha value is -0.0600. The summed E-state index contributed by atoms with van der Waals surface area (Å²) in [5, 5.41) is 4.04. The third-order valence-electron chi connectivity index (χ3n) is 1.98. The Morgan fingerprint density at radius 3 is 3.25 bits per heavy atom. The minimum atomic E-state index is 0.487. The zero-order valence-electron chi connectivity index (χ0n) is 6.99. The van der Waals surface area contributed by atoms with Gasteiger partial charge >= 0.3 is 0 Å². The maximum Gasteiger partial charge on any atom is 0.0900 e. The molecule has 1 aliphatic rings. The fourth-order valence-electron chi connectivity index (χ4n) is 1.27. The Morgan fingerprint density at radius 2 is 2.58 bits per heavy atom. The standard InChI is InChI=1S/C8H12N2S2/c1-6-2-3-11-8(10-6)7-4-9-5-12-7/h4-6,8,10H,2-3H2,1H3. The van der Waals surface area contributed by atoms with Gasteiger partial charge in [-0.25, -0.2) is 0 Å². The molecule has 0 bridgehead atoms. The molecular weight excluding hydrogens is 188 g/mol. The lowest BCUT2D eigenvalue weighted by molar-refractivity contribution is 0.515. The number of thiazole rings is 1. The van der Waals surface area contributed by atoms with Gasteiger partial charge in [0.05, 0.1) is 15.8 Å². The number of nitrogens with zero attached hydrogens (tertiary/aromatic N) is 1. The molecule has 1 aliphatic heterocycles. The van der Waals surface area contributed by atoms with Crippen LogP contribution in [0.25, 0.3) is 0 Å². The molecule has 0 aliphatic carbocycles. The van der Waals surface area contributed by atoms with Gasteiger partial charge in [0.15, 0.2) is 0 Å². The van der Waals surface area contributed by atoms with E-state index in [0.717, 1.165) is 0 Å². The number of nitrogens with one attached hydrogen (secondary N) is 1. The summed E-state index contributed by atoms with van der Waals surface area (Å²) in [6, 6.07) is 0.651. The van der Waals surface area contributed by atoms with Crippen molar-refractivity contribution in [2.45, 2.75) is 24.8 Å². The lowest BCUT2D eigenvalue weighted by atomic mass is 10.2. The van der Waals surface area contributed by atoms with E-state index >= 15 is 0 Å². The number of hydrogen-bond donors (Lipinski definition) is 1. The topological polar surface area (TPSA) is 24.9 Å². The lowest BCUT2D eigenvalue weighted by Gasteiger charge is -2.27. The molecule has 1 aromatic rings. The third-order valence-corrected chi connectivity index (χ3v) is 4.17. The van der Waals surface area contributed by atoms with Crippen molar-refractivity contribution in [3.63, 3.8) is 0 Å². The van der Waals surface area contributed by atoms with Crippen LogP contribution in [0.5, 0.6) is 0 Å². The number of rotatable bonds is 1. The molecule has 1 aromatic heterocycles. The number of hydrogen-bond acceptors (Lipinski definition) is 4. The van der Waals surface area contributed by atoms with Crippen LogP contribution in [0.2, 0.25) is 0 Å². The van der Waals surface area contributed by atoms with Gasteiger partial charge in [0.25, 0.3) is 0 Å². The Bertz CT molecular complexity index is 235. The van der Waals surface area contributed by atoms with Crippen LogP contribution in [-0.2, 0) is 0 Å². The van der Waals surface area contributed by atoms with E-state index in [2.05, 4.69) is 17.2 Å². The van der Waals surface area contributed by atoms with Crippen LogP contribution in [0.3, 0.4) is 0 Å². The smallest absolute Gasteiger partial charge is 0.0900 e. The summed E-state index contributed by atoms with van der Waals surface area (Å²) < 4.78 is 0. The first kappa shape index (κ1) is 8.53. The van der Waals surface area contributed by atoms with Crippen LogP contribution < -0.4 is 5.32 Å². The second kappa shape index (κ2) is 3.77. The fourth-order valence-corrected chi connectivity index (χ4v) is 3.48. The second-order valence-electron chi connectivity index (χ2n) is 3.01. The van der Waals surface area contributed by atoms with Crippen molar-refractivity contribution in [2.24, 2.45) is 0 Å². The first-order valence-electron chi connectivity index (χ1n) is 4.12. The molecule has 4 heteroatoms. The first-order valence-corrected chi connectivity index (χ1v) is 6.05. The van der Waals surface area contributed by atoms with Crippen molar-refractivity contribution in [3.05, 3.63) is 16.6 Å². The molecule has 0 radical (unpaired) electrons. The highest BCUT2D eigenvalue weighted by molar-refractivity contribution is 7.99. The van der Waals surface area contributed by atoms with Gasteiger partial charge in [-0.05, 0) is 19.1 Å². The Morgan fingerprint density at radius 1 is 1.67 bits per heavy atom. The zero-order chi connectivity index (χ0) is 8.39. The molecule has 1 fully saturated rings. The molecule has 2 rings (SSSR count). The molecule has 2 unspecified atom stereocenters. The van der Waals surface area contributed by atoms with Gasteiger partial charge in [-0.1, -0.05) is 0 Å². The molecule has 66 valence electrons. The maximum atomic E-state index is 4.09. The minimum absolute atomic E-state index is 0.487. The van der Waals surface area contributed by atoms with Crippen LogP contribution in [0.1, 0.15) is 23.6 Å². The molecule has 12 heavy (non-hydrogen) atoms. The average molecular weight is 200 g/mol. The van der Waals surface area contributed by atoms with E-state index in [-0.39, 0.29) is 0 Å².